The van der Waals surface area contributed by atoms with Crippen molar-refractivity contribution in [2.24, 2.45) is 0 Å². The highest BCUT2D eigenvalue weighted by molar-refractivity contribution is 5.99. The van der Waals surface area contributed by atoms with E-state index >= 15 is 0 Å². The van der Waals surface area contributed by atoms with Crippen LogP contribution >= 0.6 is 0 Å². The summed E-state index contributed by atoms with van der Waals surface area (Å²) in [4.78, 5) is 12.4. The van der Waals surface area contributed by atoms with Crippen LogP contribution in [-0.2, 0) is 6.54 Å². The molecule has 1 amide bonds. The van der Waals surface area contributed by atoms with E-state index in [4.69, 9.17) is 0 Å². The first kappa shape index (κ1) is 12.1. The smallest absolute Gasteiger partial charge is 0.268 e. The lowest BCUT2D eigenvalue weighted by molar-refractivity contribution is 0.0942. The first-order valence-corrected chi connectivity index (χ1v) is 6.93. The second kappa shape index (κ2) is 4.69. The molecule has 0 radical (unpaired) electrons. The number of benzene rings is 1. The van der Waals surface area contributed by atoms with Gasteiger partial charge in [-0.05, 0) is 25.0 Å². The maximum absolute atomic E-state index is 12.4. The summed E-state index contributed by atoms with van der Waals surface area (Å²) in [7, 11) is 0. The van der Waals surface area contributed by atoms with Gasteiger partial charge in [-0.3, -0.25) is 4.79 Å². The van der Waals surface area contributed by atoms with E-state index in [0.717, 1.165) is 23.7 Å². The minimum absolute atomic E-state index is 0.0443. The average molecular weight is 282 g/mol. The third kappa shape index (κ3) is 2.26. The number of para-hydroxylation sites is 1. The van der Waals surface area contributed by atoms with Crippen LogP contribution in [0.5, 0.6) is 0 Å². The maximum atomic E-state index is 12.4. The van der Waals surface area contributed by atoms with Gasteiger partial charge >= 0.3 is 0 Å². The standard InChI is InChI=1S/C14H14N6O/c21-14(15-10-5-6-10)12-7-9-3-1-2-4-11(9)20(12)8-13-16-18-19-17-13/h1-4,7,10H,5-6,8H2,(H,15,21)(H,16,17,18,19). The lowest BCUT2D eigenvalue weighted by atomic mass is 10.2. The summed E-state index contributed by atoms with van der Waals surface area (Å²) in [5.41, 5.74) is 1.62. The number of rotatable bonds is 4. The van der Waals surface area contributed by atoms with Crippen LogP contribution in [0.1, 0.15) is 29.2 Å². The Morgan fingerprint density at radius 1 is 1.38 bits per heavy atom. The molecule has 21 heavy (non-hydrogen) atoms. The molecular weight excluding hydrogens is 268 g/mol. The Morgan fingerprint density at radius 2 is 2.24 bits per heavy atom. The zero-order valence-corrected chi connectivity index (χ0v) is 11.3. The van der Waals surface area contributed by atoms with Crippen LogP contribution in [-0.4, -0.2) is 37.1 Å². The van der Waals surface area contributed by atoms with E-state index in [1.54, 1.807) is 0 Å². The molecule has 2 heterocycles. The van der Waals surface area contributed by atoms with Crippen LogP contribution in [0.4, 0.5) is 0 Å². The Balaban J connectivity index is 1.78. The number of hydrogen-bond donors (Lipinski definition) is 2. The third-order valence-corrected chi connectivity index (χ3v) is 3.64. The molecule has 3 aromatic rings. The van der Waals surface area contributed by atoms with Crippen molar-refractivity contribution < 1.29 is 4.79 Å². The molecule has 1 aliphatic carbocycles. The molecule has 0 saturated heterocycles. The fraction of sp³-hybridized carbons (Fsp3) is 0.286. The number of nitrogens with zero attached hydrogens (tertiary/aromatic N) is 4. The molecule has 7 heteroatoms. The molecule has 7 nitrogen and oxygen atoms in total. The molecule has 2 N–H and O–H groups in total. The van der Waals surface area contributed by atoms with Crippen molar-refractivity contribution in [3.63, 3.8) is 0 Å². The number of aromatic nitrogens is 5. The van der Waals surface area contributed by atoms with Crippen LogP contribution in [0, 0.1) is 0 Å². The van der Waals surface area contributed by atoms with E-state index in [1.165, 1.54) is 0 Å². The zero-order chi connectivity index (χ0) is 14.2. The maximum Gasteiger partial charge on any atom is 0.268 e. The van der Waals surface area contributed by atoms with E-state index in [2.05, 4.69) is 25.9 Å². The molecule has 106 valence electrons. The average Bonchev–Trinajstić information content (AvgIpc) is 3.02. The normalized spacial score (nSPS) is 14.5. The Bertz CT molecular complexity index is 787. The van der Waals surface area contributed by atoms with Gasteiger partial charge in [-0.15, -0.1) is 10.2 Å². The van der Waals surface area contributed by atoms with E-state index in [0.29, 0.717) is 24.1 Å². The minimum Gasteiger partial charge on any atom is -0.348 e. The van der Waals surface area contributed by atoms with Gasteiger partial charge in [0.25, 0.3) is 5.91 Å². The Kier molecular flexibility index (Phi) is 2.70. The fourth-order valence-corrected chi connectivity index (χ4v) is 2.45. The van der Waals surface area contributed by atoms with E-state index in [1.807, 2.05) is 34.9 Å². The highest BCUT2D eigenvalue weighted by atomic mass is 16.2. The van der Waals surface area contributed by atoms with Gasteiger partial charge in [0.1, 0.15) is 5.69 Å². The first-order chi connectivity index (χ1) is 10.3. The summed E-state index contributed by atoms with van der Waals surface area (Å²) in [5, 5.41) is 18.0. The number of tetrazole rings is 1. The van der Waals surface area contributed by atoms with Crippen molar-refractivity contribution in [3.05, 3.63) is 41.9 Å². The van der Waals surface area contributed by atoms with Gasteiger partial charge in [0.2, 0.25) is 0 Å². The Labute approximate surface area is 120 Å². The van der Waals surface area contributed by atoms with Gasteiger partial charge in [0.05, 0.1) is 6.54 Å². The molecule has 1 aromatic carbocycles. The van der Waals surface area contributed by atoms with Crippen LogP contribution in [0.3, 0.4) is 0 Å². The van der Waals surface area contributed by atoms with Gasteiger partial charge in [-0.25, -0.2) is 0 Å². The second-order valence-corrected chi connectivity index (χ2v) is 5.25. The molecule has 1 fully saturated rings. The summed E-state index contributed by atoms with van der Waals surface area (Å²) < 4.78 is 1.93. The minimum atomic E-state index is -0.0443. The van der Waals surface area contributed by atoms with Crippen molar-refractivity contribution >= 4 is 16.8 Å². The van der Waals surface area contributed by atoms with Crippen LogP contribution in [0.2, 0.25) is 0 Å². The highest BCUT2D eigenvalue weighted by Gasteiger charge is 2.26. The van der Waals surface area contributed by atoms with Crippen molar-refractivity contribution in [2.45, 2.75) is 25.4 Å². The zero-order valence-electron chi connectivity index (χ0n) is 11.3. The molecule has 4 rings (SSSR count). The molecule has 1 saturated carbocycles. The fourth-order valence-electron chi connectivity index (χ4n) is 2.45. The number of nitrogens with one attached hydrogen (secondary N) is 2. The first-order valence-electron chi connectivity index (χ1n) is 6.93. The SMILES string of the molecule is O=C(NC1CC1)c1cc2ccccc2n1Cc1nn[nH]n1. The monoisotopic (exact) mass is 282 g/mol. The molecule has 2 aromatic heterocycles. The van der Waals surface area contributed by atoms with Gasteiger partial charge < -0.3 is 9.88 Å². The van der Waals surface area contributed by atoms with E-state index in [9.17, 15) is 4.79 Å². The van der Waals surface area contributed by atoms with Crippen molar-refractivity contribution in [1.29, 1.82) is 0 Å². The van der Waals surface area contributed by atoms with Gasteiger partial charge in [-0.1, -0.05) is 23.4 Å². The lowest BCUT2D eigenvalue weighted by Gasteiger charge is -2.08. The lowest BCUT2D eigenvalue weighted by Crippen LogP contribution is -2.27. The van der Waals surface area contributed by atoms with Gasteiger partial charge in [0.15, 0.2) is 5.82 Å². The van der Waals surface area contributed by atoms with E-state index in [-0.39, 0.29) is 5.91 Å². The second-order valence-electron chi connectivity index (χ2n) is 5.25. The molecule has 0 spiro atoms. The number of carbonyl (C=O) groups excluding carboxylic acids is 1. The Morgan fingerprint density at radius 3 is 3.00 bits per heavy atom. The number of carbonyl (C=O) groups is 1. The summed E-state index contributed by atoms with van der Waals surface area (Å²) in [6, 6.07) is 10.1. The number of hydrogen-bond acceptors (Lipinski definition) is 4. The van der Waals surface area contributed by atoms with Crippen LogP contribution < -0.4 is 5.32 Å². The number of fused-ring (bicyclic) bond motifs is 1. The predicted molar refractivity (Wildman–Crippen MR) is 75.7 cm³/mol. The summed E-state index contributed by atoms with van der Waals surface area (Å²) in [6.07, 6.45) is 2.13. The third-order valence-electron chi connectivity index (χ3n) is 3.64. The summed E-state index contributed by atoms with van der Waals surface area (Å²) in [6.45, 7) is 0.414. The van der Waals surface area contributed by atoms with Crippen molar-refractivity contribution in [1.82, 2.24) is 30.5 Å². The number of aromatic amines is 1. The van der Waals surface area contributed by atoms with Gasteiger partial charge in [0, 0.05) is 16.9 Å². The predicted octanol–water partition coefficient (Wildman–Crippen LogP) is 1.09. The Hall–Kier alpha value is -2.70. The summed E-state index contributed by atoms with van der Waals surface area (Å²) >= 11 is 0. The van der Waals surface area contributed by atoms with Crippen molar-refractivity contribution in [2.75, 3.05) is 0 Å². The number of H-pyrrole nitrogens is 1. The molecule has 0 bridgehead atoms. The molecule has 0 atom stereocenters. The summed E-state index contributed by atoms with van der Waals surface area (Å²) in [5.74, 6) is 0.508. The highest BCUT2D eigenvalue weighted by Crippen LogP contribution is 2.23. The van der Waals surface area contributed by atoms with Crippen LogP contribution in [0.15, 0.2) is 30.3 Å². The van der Waals surface area contributed by atoms with Gasteiger partial charge in [-0.2, -0.15) is 5.21 Å². The molecule has 0 unspecified atom stereocenters. The number of amides is 1. The topological polar surface area (TPSA) is 88.5 Å². The molecule has 0 aliphatic heterocycles. The van der Waals surface area contributed by atoms with E-state index < -0.39 is 0 Å². The largest absolute Gasteiger partial charge is 0.348 e. The molecule has 1 aliphatic rings. The van der Waals surface area contributed by atoms with Crippen LogP contribution in [0.25, 0.3) is 10.9 Å². The quantitative estimate of drug-likeness (QED) is 0.750. The molecular formula is C14H14N6O. The van der Waals surface area contributed by atoms with Crippen molar-refractivity contribution in [3.8, 4) is 0 Å².